The Morgan fingerprint density at radius 2 is 1.65 bits per heavy atom. The Bertz CT molecular complexity index is 698. The van der Waals surface area contributed by atoms with Crippen LogP contribution in [0.1, 0.15) is 25.0 Å². The number of halogens is 1. The van der Waals surface area contributed by atoms with Crippen molar-refractivity contribution in [1.29, 1.82) is 0 Å². The summed E-state index contributed by atoms with van der Waals surface area (Å²) in [5.41, 5.74) is 1.06. The highest BCUT2D eigenvalue weighted by Crippen LogP contribution is 2.30. The van der Waals surface area contributed by atoms with Gasteiger partial charge in [-0.2, -0.15) is 4.31 Å². The van der Waals surface area contributed by atoms with Crippen LogP contribution in [0, 0.1) is 24.0 Å². The molecule has 0 amide bonds. The average Bonchev–Trinajstić information content (AvgIpc) is 2.39. The Labute approximate surface area is 142 Å². The first-order valence-corrected chi connectivity index (χ1v) is 8.58. The molecule has 1 N–H and O–H groups in total. The molecule has 0 spiro atoms. The fourth-order valence-corrected chi connectivity index (χ4v) is 4.58. The number of sulfonamides is 1. The van der Waals surface area contributed by atoms with E-state index in [1.807, 2.05) is 13.8 Å². The van der Waals surface area contributed by atoms with E-state index in [1.165, 1.54) is 16.4 Å². The van der Waals surface area contributed by atoms with Gasteiger partial charge in [-0.05, 0) is 44.9 Å². The Balaban J connectivity index is 0.00000264. The van der Waals surface area contributed by atoms with E-state index in [-0.39, 0.29) is 35.1 Å². The summed E-state index contributed by atoms with van der Waals surface area (Å²) in [5.74, 6) is 0. The third-order valence-corrected chi connectivity index (χ3v) is 5.77. The third kappa shape index (κ3) is 4.00. The van der Waals surface area contributed by atoms with Crippen LogP contribution in [0.2, 0.25) is 0 Å². The van der Waals surface area contributed by atoms with Gasteiger partial charge >= 0.3 is 0 Å². The first-order valence-electron chi connectivity index (χ1n) is 7.14. The molecule has 2 rings (SSSR count). The minimum Gasteiger partial charge on any atom is -0.309 e. The number of nitro benzene ring substituents is 1. The highest BCUT2D eigenvalue weighted by Gasteiger charge is 2.36. The van der Waals surface area contributed by atoms with Crippen molar-refractivity contribution in [3.8, 4) is 0 Å². The number of benzene rings is 1. The quantitative estimate of drug-likeness (QED) is 0.655. The first-order chi connectivity index (χ1) is 10.1. The summed E-state index contributed by atoms with van der Waals surface area (Å²) in [6.07, 6.45) is 0. The van der Waals surface area contributed by atoms with Gasteiger partial charge in [0.15, 0.2) is 4.90 Å². The van der Waals surface area contributed by atoms with E-state index >= 15 is 0 Å². The summed E-state index contributed by atoms with van der Waals surface area (Å²) in [7, 11) is -3.89. The molecule has 0 aliphatic carbocycles. The molecule has 7 nitrogen and oxygen atoms in total. The summed E-state index contributed by atoms with van der Waals surface area (Å²) >= 11 is 0. The molecule has 1 aliphatic rings. The lowest BCUT2D eigenvalue weighted by molar-refractivity contribution is -0.387. The van der Waals surface area contributed by atoms with Crippen LogP contribution in [-0.4, -0.2) is 42.8 Å². The lowest BCUT2D eigenvalue weighted by Gasteiger charge is -2.35. The SMILES string of the molecule is Cc1cc([N+](=O)[O-])c(S(=O)(=O)N2CC(C)NC(C)C2)cc1C.Cl. The maximum Gasteiger partial charge on any atom is 0.289 e. The van der Waals surface area contributed by atoms with Crippen molar-refractivity contribution >= 4 is 28.1 Å². The third-order valence-electron chi connectivity index (χ3n) is 3.91. The normalized spacial score (nSPS) is 22.4. The number of nitrogens with one attached hydrogen (secondary N) is 1. The number of hydrogen-bond donors (Lipinski definition) is 1. The molecule has 1 aromatic carbocycles. The molecular weight excluding hydrogens is 342 g/mol. The predicted molar refractivity (Wildman–Crippen MR) is 90.6 cm³/mol. The van der Waals surface area contributed by atoms with Gasteiger partial charge in [0.05, 0.1) is 4.92 Å². The lowest BCUT2D eigenvalue weighted by atomic mass is 10.1. The van der Waals surface area contributed by atoms with Gasteiger partial charge in [0.25, 0.3) is 5.69 Å². The van der Waals surface area contributed by atoms with Crippen molar-refractivity contribution in [2.75, 3.05) is 13.1 Å². The molecular formula is C14H22ClN3O4S. The zero-order valence-corrected chi connectivity index (χ0v) is 15.2. The number of hydrogen-bond acceptors (Lipinski definition) is 5. The summed E-state index contributed by atoms with van der Waals surface area (Å²) < 4.78 is 27.1. The van der Waals surface area contributed by atoms with Gasteiger partial charge in [-0.1, -0.05) is 0 Å². The number of piperazine rings is 1. The van der Waals surface area contributed by atoms with Crippen LogP contribution in [0.15, 0.2) is 17.0 Å². The largest absolute Gasteiger partial charge is 0.309 e. The van der Waals surface area contributed by atoms with E-state index in [0.29, 0.717) is 18.7 Å². The van der Waals surface area contributed by atoms with E-state index in [4.69, 9.17) is 0 Å². The van der Waals surface area contributed by atoms with Gasteiger partial charge in [-0.3, -0.25) is 10.1 Å². The molecule has 2 unspecified atom stereocenters. The molecule has 0 bridgehead atoms. The smallest absolute Gasteiger partial charge is 0.289 e. The molecule has 1 aromatic rings. The molecule has 0 aromatic heterocycles. The van der Waals surface area contributed by atoms with E-state index in [9.17, 15) is 18.5 Å². The molecule has 1 saturated heterocycles. The van der Waals surface area contributed by atoms with Crippen molar-refractivity contribution in [2.45, 2.75) is 44.7 Å². The van der Waals surface area contributed by atoms with Crippen molar-refractivity contribution in [2.24, 2.45) is 0 Å². The van der Waals surface area contributed by atoms with Gasteiger partial charge in [-0.25, -0.2) is 8.42 Å². The van der Waals surface area contributed by atoms with Gasteiger partial charge in [0.2, 0.25) is 10.0 Å². The van der Waals surface area contributed by atoms with Gasteiger partial charge in [0, 0.05) is 31.2 Å². The summed E-state index contributed by atoms with van der Waals surface area (Å²) in [6, 6.07) is 2.74. The topological polar surface area (TPSA) is 92.5 Å². The minimum atomic E-state index is -3.89. The maximum absolute atomic E-state index is 12.9. The van der Waals surface area contributed by atoms with E-state index in [2.05, 4.69) is 5.32 Å². The standard InChI is InChI=1S/C14H21N3O4S.ClH/c1-9-5-13(17(18)19)14(6-10(9)2)22(20,21)16-7-11(3)15-12(4)8-16;/h5-6,11-12,15H,7-8H2,1-4H3;1H. The molecule has 1 heterocycles. The summed E-state index contributed by atoms with van der Waals surface area (Å²) in [5, 5.41) is 14.5. The van der Waals surface area contributed by atoms with Crippen molar-refractivity contribution in [3.05, 3.63) is 33.4 Å². The van der Waals surface area contributed by atoms with Crippen LogP contribution in [-0.2, 0) is 10.0 Å². The van der Waals surface area contributed by atoms with Crippen molar-refractivity contribution < 1.29 is 13.3 Å². The Hall–Kier alpha value is -1.22. The highest BCUT2D eigenvalue weighted by atomic mass is 35.5. The molecule has 1 fully saturated rings. The zero-order chi connectivity index (χ0) is 16.7. The fourth-order valence-electron chi connectivity index (χ4n) is 2.74. The van der Waals surface area contributed by atoms with Crippen LogP contribution in [0.3, 0.4) is 0 Å². The van der Waals surface area contributed by atoms with E-state index in [0.717, 1.165) is 5.56 Å². The van der Waals surface area contributed by atoms with Crippen LogP contribution in [0.5, 0.6) is 0 Å². The highest BCUT2D eigenvalue weighted by molar-refractivity contribution is 7.89. The number of nitrogens with zero attached hydrogens (tertiary/aromatic N) is 2. The van der Waals surface area contributed by atoms with Crippen LogP contribution < -0.4 is 5.32 Å². The maximum atomic E-state index is 12.9. The van der Waals surface area contributed by atoms with Gasteiger partial charge in [-0.15, -0.1) is 12.4 Å². The Kier molecular flexibility index (Phi) is 6.14. The summed E-state index contributed by atoms with van der Waals surface area (Å²) in [6.45, 7) is 7.88. The second-order valence-electron chi connectivity index (χ2n) is 5.95. The van der Waals surface area contributed by atoms with E-state index < -0.39 is 14.9 Å². The summed E-state index contributed by atoms with van der Waals surface area (Å²) in [4.78, 5) is 10.4. The van der Waals surface area contributed by atoms with E-state index in [1.54, 1.807) is 13.8 Å². The van der Waals surface area contributed by atoms with Crippen molar-refractivity contribution in [3.63, 3.8) is 0 Å². The minimum absolute atomic E-state index is 0. The molecule has 0 saturated carbocycles. The Morgan fingerprint density at radius 3 is 2.13 bits per heavy atom. The van der Waals surface area contributed by atoms with Gasteiger partial charge < -0.3 is 5.32 Å². The molecule has 9 heteroatoms. The number of aryl methyl sites for hydroxylation is 2. The first kappa shape index (κ1) is 19.8. The zero-order valence-electron chi connectivity index (χ0n) is 13.6. The van der Waals surface area contributed by atoms with Crippen LogP contribution in [0.25, 0.3) is 0 Å². The monoisotopic (exact) mass is 363 g/mol. The molecule has 0 radical (unpaired) electrons. The molecule has 1 aliphatic heterocycles. The molecule has 23 heavy (non-hydrogen) atoms. The lowest BCUT2D eigenvalue weighted by Crippen LogP contribution is -2.55. The Morgan fingerprint density at radius 1 is 1.17 bits per heavy atom. The number of rotatable bonds is 3. The van der Waals surface area contributed by atoms with Crippen LogP contribution >= 0.6 is 12.4 Å². The second-order valence-corrected chi connectivity index (χ2v) is 7.86. The van der Waals surface area contributed by atoms with Gasteiger partial charge in [0.1, 0.15) is 0 Å². The van der Waals surface area contributed by atoms with Crippen LogP contribution in [0.4, 0.5) is 5.69 Å². The molecule has 2 atom stereocenters. The predicted octanol–water partition coefficient (Wildman–Crippen LogP) is 2.00. The molecule has 130 valence electrons. The average molecular weight is 364 g/mol. The van der Waals surface area contributed by atoms with Crippen molar-refractivity contribution in [1.82, 2.24) is 9.62 Å². The number of nitro groups is 1. The second kappa shape index (κ2) is 7.12. The fraction of sp³-hybridized carbons (Fsp3) is 0.571.